The maximum Gasteiger partial charge on any atom is 0.311 e. The second kappa shape index (κ2) is 7.61. The molecule has 3 fully saturated rings. The van der Waals surface area contributed by atoms with Crippen molar-refractivity contribution in [3.8, 4) is 0 Å². The minimum Gasteiger partial charge on any atom is -0.481 e. The average Bonchev–Trinajstić information content (AvgIpc) is 2.68. The van der Waals surface area contributed by atoms with Crippen LogP contribution in [0.2, 0.25) is 5.02 Å². The zero-order valence-corrected chi connectivity index (χ0v) is 16.9. The minimum atomic E-state index is -0.591. The molecule has 27 heavy (non-hydrogen) atoms. The first-order valence-corrected chi connectivity index (χ1v) is 10.6. The Kier molecular flexibility index (Phi) is 5.36. The van der Waals surface area contributed by atoms with Crippen molar-refractivity contribution in [2.45, 2.75) is 44.2 Å². The lowest BCUT2D eigenvalue weighted by Gasteiger charge is -2.54. The summed E-state index contributed by atoms with van der Waals surface area (Å²) in [5, 5.41) is 10.8. The van der Waals surface area contributed by atoms with Gasteiger partial charge in [0.15, 0.2) is 0 Å². The lowest BCUT2D eigenvalue weighted by molar-refractivity contribution is -0.163. The van der Waals surface area contributed by atoms with E-state index in [1.54, 1.807) is 0 Å². The third-order valence-corrected chi connectivity index (χ3v) is 7.48. The number of halogens is 1. The van der Waals surface area contributed by atoms with Gasteiger partial charge in [0.25, 0.3) is 0 Å². The van der Waals surface area contributed by atoms with Gasteiger partial charge in [0.2, 0.25) is 0 Å². The lowest BCUT2D eigenvalue weighted by Crippen LogP contribution is -2.64. The van der Waals surface area contributed by atoms with Crippen LogP contribution >= 0.6 is 11.6 Å². The molecule has 0 saturated carbocycles. The summed E-state index contributed by atoms with van der Waals surface area (Å²) in [6, 6.07) is 8.76. The normalized spacial score (nSPS) is 30.9. The summed E-state index contributed by atoms with van der Waals surface area (Å²) < 4.78 is 0. The third-order valence-electron chi connectivity index (χ3n) is 7.16. The van der Waals surface area contributed by atoms with Gasteiger partial charge in [-0.05, 0) is 64.4 Å². The smallest absolute Gasteiger partial charge is 0.311 e. The number of likely N-dealkylation sites (tertiary alicyclic amines) is 2. The Bertz CT molecular complexity index is 692. The van der Waals surface area contributed by atoms with Gasteiger partial charge in [0, 0.05) is 31.7 Å². The van der Waals surface area contributed by atoms with Crippen LogP contribution in [0.5, 0.6) is 0 Å². The predicted molar refractivity (Wildman–Crippen MR) is 109 cm³/mol. The molecule has 6 heteroatoms. The molecule has 3 saturated heterocycles. The zero-order valence-electron chi connectivity index (χ0n) is 16.1. The molecule has 1 N–H and O–H groups in total. The number of para-hydroxylation sites is 1. The summed E-state index contributed by atoms with van der Waals surface area (Å²) in [7, 11) is 2.10. The summed E-state index contributed by atoms with van der Waals surface area (Å²) in [6.45, 7) is 4.83. The van der Waals surface area contributed by atoms with E-state index in [1.807, 2.05) is 18.2 Å². The number of anilines is 1. The van der Waals surface area contributed by atoms with E-state index in [1.165, 1.54) is 0 Å². The molecule has 5 nitrogen and oxygen atoms in total. The number of nitrogens with zero attached hydrogens (tertiary/aromatic N) is 3. The van der Waals surface area contributed by atoms with Gasteiger partial charge in [-0.25, -0.2) is 0 Å². The molecule has 0 radical (unpaired) electrons. The van der Waals surface area contributed by atoms with Gasteiger partial charge in [-0.2, -0.15) is 0 Å². The molecule has 0 aromatic heterocycles. The highest BCUT2D eigenvalue weighted by Crippen LogP contribution is 2.43. The van der Waals surface area contributed by atoms with Crippen molar-refractivity contribution < 1.29 is 9.90 Å². The lowest BCUT2D eigenvalue weighted by atomic mass is 9.68. The molecule has 148 valence electrons. The number of carboxylic acids is 1. The number of hydrogen-bond acceptors (Lipinski definition) is 4. The van der Waals surface area contributed by atoms with Crippen molar-refractivity contribution in [3.63, 3.8) is 0 Å². The summed E-state index contributed by atoms with van der Waals surface area (Å²) in [4.78, 5) is 19.4. The molecule has 0 bridgehead atoms. The van der Waals surface area contributed by atoms with Crippen LogP contribution in [0.25, 0.3) is 0 Å². The van der Waals surface area contributed by atoms with Crippen LogP contribution < -0.4 is 4.90 Å². The number of benzene rings is 1. The molecule has 2 atom stereocenters. The standard InChI is InChI=1S/C21H30ClN3O2/c1-23-11-4-9-21(20(26)27)10-14-25(15-19(21)23)16-7-12-24(13-8-16)18-6-3-2-5-17(18)22/h2-3,5-6,16,19H,4,7-15H2,1H3,(H,26,27)/t19-,21+/m1/s1. The molecule has 3 heterocycles. The number of piperidine rings is 3. The highest BCUT2D eigenvalue weighted by molar-refractivity contribution is 6.33. The Morgan fingerprint density at radius 2 is 1.89 bits per heavy atom. The van der Waals surface area contributed by atoms with Crippen LogP contribution in [0.4, 0.5) is 5.69 Å². The highest BCUT2D eigenvalue weighted by atomic mass is 35.5. The van der Waals surface area contributed by atoms with Crippen LogP contribution in [0, 0.1) is 5.41 Å². The van der Waals surface area contributed by atoms with Crippen molar-refractivity contribution in [2.75, 3.05) is 44.7 Å². The number of fused-ring (bicyclic) bond motifs is 1. The largest absolute Gasteiger partial charge is 0.481 e. The number of aliphatic carboxylic acids is 1. The fourth-order valence-electron chi connectivity index (χ4n) is 5.52. The first kappa shape index (κ1) is 19.0. The van der Waals surface area contributed by atoms with Gasteiger partial charge in [-0.1, -0.05) is 23.7 Å². The Labute approximate surface area is 166 Å². The van der Waals surface area contributed by atoms with E-state index in [4.69, 9.17) is 11.6 Å². The first-order chi connectivity index (χ1) is 13.0. The molecular formula is C21H30ClN3O2. The molecule has 0 spiro atoms. The summed E-state index contributed by atoms with van der Waals surface area (Å²) in [5.74, 6) is -0.591. The molecule has 3 aliphatic rings. The Hall–Kier alpha value is -1.30. The Balaban J connectivity index is 1.41. The second-order valence-corrected chi connectivity index (χ2v) is 8.88. The maximum absolute atomic E-state index is 12.1. The second-order valence-electron chi connectivity index (χ2n) is 8.48. The SMILES string of the molecule is CN1CCC[C@]2(C(=O)O)CCN(C3CCN(c4ccccc4Cl)CC3)C[C@@H]12. The molecule has 3 aliphatic heterocycles. The van der Waals surface area contributed by atoms with E-state index in [-0.39, 0.29) is 6.04 Å². The third kappa shape index (κ3) is 3.45. The van der Waals surface area contributed by atoms with Gasteiger partial charge in [0.05, 0.1) is 16.1 Å². The van der Waals surface area contributed by atoms with E-state index in [0.29, 0.717) is 6.04 Å². The first-order valence-electron chi connectivity index (χ1n) is 10.2. The van der Waals surface area contributed by atoms with Crippen molar-refractivity contribution in [3.05, 3.63) is 29.3 Å². The maximum atomic E-state index is 12.1. The fraction of sp³-hybridized carbons (Fsp3) is 0.667. The molecule has 0 aliphatic carbocycles. The number of likely N-dealkylation sites (N-methyl/N-ethyl adjacent to an activating group) is 1. The van der Waals surface area contributed by atoms with Gasteiger partial charge in [0.1, 0.15) is 0 Å². The molecular weight excluding hydrogens is 362 g/mol. The minimum absolute atomic E-state index is 0.138. The average molecular weight is 392 g/mol. The topological polar surface area (TPSA) is 47.0 Å². The van der Waals surface area contributed by atoms with Crippen molar-refractivity contribution in [2.24, 2.45) is 5.41 Å². The fourth-order valence-corrected chi connectivity index (χ4v) is 5.77. The molecule has 4 rings (SSSR count). The molecule has 1 aromatic rings. The number of hydrogen-bond donors (Lipinski definition) is 1. The van der Waals surface area contributed by atoms with E-state index in [2.05, 4.69) is 27.8 Å². The van der Waals surface area contributed by atoms with Gasteiger partial charge in [-0.3, -0.25) is 9.69 Å². The predicted octanol–water partition coefficient (Wildman–Crippen LogP) is 3.18. The van der Waals surface area contributed by atoms with E-state index in [0.717, 1.165) is 75.5 Å². The van der Waals surface area contributed by atoms with Crippen LogP contribution in [0.15, 0.2) is 24.3 Å². The number of rotatable bonds is 3. The van der Waals surface area contributed by atoms with Crippen molar-refractivity contribution >= 4 is 23.3 Å². The Morgan fingerprint density at radius 3 is 2.59 bits per heavy atom. The van der Waals surface area contributed by atoms with Crippen LogP contribution in [0.1, 0.15) is 32.1 Å². The quantitative estimate of drug-likeness (QED) is 0.857. The van der Waals surface area contributed by atoms with Gasteiger partial charge < -0.3 is 14.9 Å². The van der Waals surface area contributed by atoms with Crippen LogP contribution in [-0.2, 0) is 4.79 Å². The molecule has 0 amide bonds. The van der Waals surface area contributed by atoms with E-state index in [9.17, 15) is 9.90 Å². The van der Waals surface area contributed by atoms with E-state index >= 15 is 0 Å². The summed E-state index contributed by atoms with van der Waals surface area (Å²) in [5.41, 5.74) is 0.593. The van der Waals surface area contributed by atoms with Gasteiger partial charge >= 0.3 is 5.97 Å². The van der Waals surface area contributed by atoms with Crippen LogP contribution in [0.3, 0.4) is 0 Å². The molecule has 0 unspecified atom stereocenters. The van der Waals surface area contributed by atoms with Gasteiger partial charge in [-0.15, -0.1) is 0 Å². The van der Waals surface area contributed by atoms with Crippen molar-refractivity contribution in [1.29, 1.82) is 0 Å². The Morgan fingerprint density at radius 1 is 1.15 bits per heavy atom. The summed E-state index contributed by atoms with van der Waals surface area (Å²) in [6.07, 6.45) is 4.83. The molecule has 1 aromatic carbocycles. The zero-order chi connectivity index (χ0) is 19.0. The monoisotopic (exact) mass is 391 g/mol. The van der Waals surface area contributed by atoms with E-state index < -0.39 is 11.4 Å². The van der Waals surface area contributed by atoms with Crippen LogP contribution in [-0.4, -0.2) is 72.7 Å². The number of carboxylic acid groups (broad SMARTS) is 1. The summed E-state index contributed by atoms with van der Waals surface area (Å²) >= 11 is 6.37. The van der Waals surface area contributed by atoms with Crippen molar-refractivity contribution in [1.82, 2.24) is 9.80 Å². The number of carbonyl (C=O) groups is 1. The highest BCUT2D eigenvalue weighted by Gasteiger charge is 2.52.